The van der Waals surface area contributed by atoms with Crippen LogP contribution in [0.3, 0.4) is 0 Å². The Bertz CT molecular complexity index is 710. The van der Waals surface area contributed by atoms with Crippen LogP contribution in [0.5, 0.6) is 11.5 Å². The van der Waals surface area contributed by atoms with Crippen LogP contribution in [-0.2, 0) is 16.2 Å². The minimum atomic E-state index is -0.560. The number of esters is 1. The van der Waals surface area contributed by atoms with Gasteiger partial charge in [-0.1, -0.05) is 35.5 Å². The lowest BCUT2D eigenvalue weighted by molar-refractivity contribution is -0.127. The van der Waals surface area contributed by atoms with Gasteiger partial charge in [-0.3, -0.25) is 0 Å². The molecule has 0 saturated heterocycles. The van der Waals surface area contributed by atoms with Crippen molar-refractivity contribution in [2.45, 2.75) is 20.5 Å². The number of para-hydroxylation sites is 1. The quantitative estimate of drug-likeness (QED) is 0.354. The Morgan fingerprint density at radius 2 is 1.91 bits per heavy atom. The lowest BCUT2D eigenvalue weighted by Crippen LogP contribution is -2.18. The molecule has 0 amide bonds. The average Bonchev–Trinajstić information content (AvgIpc) is 2.54. The molecule has 0 unspecified atom stereocenters. The maximum atomic E-state index is 11.9. The van der Waals surface area contributed by atoms with Crippen LogP contribution in [0.2, 0.25) is 0 Å². The number of hydrogen-bond acceptors (Lipinski definition) is 5. The molecule has 0 saturated carbocycles. The summed E-state index contributed by atoms with van der Waals surface area (Å²) in [5.74, 6) is 0.647. The Morgan fingerprint density at radius 3 is 2.65 bits per heavy atom. The van der Waals surface area contributed by atoms with Gasteiger partial charge in [0.25, 0.3) is 0 Å². The molecule has 0 spiro atoms. The summed E-state index contributed by atoms with van der Waals surface area (Å²) >= 11 is 0. The molecular formula is C18H19NO4. The lowest BCUT2D eigenvalue weighted by atomic mass is 10.2. The van der Waals surface area contributed by atoms with Crippen LogP contribution >= 0.6 is 0 Å². The Balaban J connectivity index is 2.08. The molecule has 0 aliphatic rings. The predicted octanol–water partition coefficient (Wildman–Crippen LogP) is 3.50. The smallest absolute Gasteiger partial charge is 0.361 e. The molecule has 0 heterocycles. The molecule has 2 aromatic rings. The summed E-state index contributed by atoms with van der Waals surface area (Å²) in [6, 6.07) is 15.0. The molecule has 0 radical (unpaired) electrons. The zero-order chi connectivity index (χ0) is 16.7. The number of oxime groups is 1. The monoisotopic (exact) mass is 313 g/mol. The molecule has 0 atom stereocenters. The largest absolute Gasteiger partial charge is 0.489 e. The zero-order valence-corrected chi connectivity index (χ0v) is 13.4. The van der Waals surface area contributed by atoms with Crippen molar-refractivity contribution in [2.75, 3.05) is 7.11 Å². The van der Waals surface area contributed by atoms with Crippen molar-refractivity contribution in [2.24, 2.45) is 5.16 Å². The highest BCUT2D eigenvalue weighted by molar-refractivity contribution is 6.35. The fourth-order valence-electron chi connectivity index (χ4n) is 1.94. The molecular weight excluding hydrogens is 294 g/mol. The number of nitrogens with zero attached hydrogens (tertiary/aromatic N) is 1. The van der Waals surface area contributed by atoms with Gasteiger partial charge < -0.3 is 14.3 Å². The summed E-state index contributed by atoms with van der Waals surface area (Å²) in [4.78, 5) is 16.5. The Kier molecular flexibility index (Phi) is 5.74. The molecule has 5 heteroatoms. The Hall–Kier alpha value is -2.82. The van der Waals surface area contributed by atoms with Crippen molar-refractivity contribution in [1.82, 2.24) is 0 Å². The SMILES string of the molecule is CON=C(C)C(=O)Oc1ccccc1COc1cccc(C)c1. The van der Waals surface area contributed by atoms with E-state index in [2.05, 4.69) is 9.99 Å². The van der Waals surface area contributed by atoms with Crippen LogP contribution in [0.25, 0.3) is 0 Å². The first-order valence-electron chi connectivity index (χ1n) is 7.17. The van der Waals surface area contributed by atoms with Crippen LogP contribution in [0, 0.1) is 6.92 Å². The first-order valence-corrected chi connectivity index (χ1v) is 7.17. The first kappa shape index (κ1) is 16.5. The second kappa shape index (κ2) is 7.98. The van der Waals surface area contributed by atoms with Crippen LogP contribution in [0.4, 0.5) is 0 Å². The molecule has 23 heavy (non-hydrogen) atoms. The zero-order valence-electron chi connectivity index (χ0n) is 13.4. The third kappa shape index (κ3) is 4.85. The molecule has 5 nitrogen and oxygen atoms in total. The topological polar surface area (TPSA) is 57.1 Å². The van der Waals surface area contributed by atoms with Gasteiger partial charge >= 0.3 is 5.97 Å². The van der Waals surface area contributed by atoms with Crippen molar-refractivity contribution in [3.05, 3.63) is 59.7 Å². The number of hydrogen-bond donors (Lipinski definition) is 0. The second-order valence-electron chi connectivity index (χ2n) is 4.96. The summed E-state index contributed by atoms with van der Waals surface area (Å²) in [5, 5.41) is 3.56. The summed E-state index contributed by atoms with van der Waals surface area (Å²) < 4.78 is 11.1. The minimum absolute atomic E-state index is 0.141. The van der Waals surface area contributed by atoms with E-state index in [1.165, 1.54) is 14.0 Å². The second-order valence-corrected chi connectivity index (χ2v) is 4.96. The van der Waals surface area contributed by atoms with E-state index in [-0.39, 0.29) is 5.71 Å². The number of benzene rings is 2. The van der Waals surface area contributed by atoms with E-state index in [0.717, 1.165) is 16.9 Å². The summed E-state index contributed by atoms with van der Waals surface area (Å²) in [5.41, 5.74) is 2.03. The number of aryl methyl sites for hydroxylation is 1. The highest BCUT2D eigenvalue weighted by Gasteiger charge is 2.13. The molecule has 0 N–H and O–H groups in total. The average molecular weight is 313 g/mol. The number of carbonyl (C=O) groups is 1. The molecule has 0 bridgehead atoms. The fraction of sp³-hybridized carbons (Fsp3) is 0.222. The van der Waals surface area contributed by atoms with E-state index in [0.29, 0.717) is 12.4 Å². The molecule has 0 fully saturated rings. The first-order chi connectivity index (χ1) is 11.1. The van der Waals surface area contributed by atoms with Gasteiger partial charge in [-0.15, -0.1) is 0 Å². The van der Waals surface area contributed by atoms with Gasteiger partial charge in [0.2, 0.25) is 0 Å². The summed E-state index contributed by atoms with van der Waals surface area (Å²) in [6.45, 7) is 3.82. The molecule has 0 aromatic heterocycles. The number of carbonyl (C=O) groups excluding carboxylic acids is 1. The minimum Gasteiger partial charge on any atom is -0.489 e. The maximum absolute atomic E-state index is 11.9. The standard InChI is InChI=1S/C18H19NO4/c1-13-7-6-9-16(11-13)22-12-15-8-4-5-10-17(15)23-18(20)14(2)19-21-3/h4-11H,12H2,1-3H3. The number of ether oxygens (including phenoxy) is 2. The third-order valence-electron chi connectivity index (χ3n) is 3.08. The number of rotatable bonds is 6. The van der Waals surface area contributed by atoms with Gasteiger partial charge in [-0.2, -0.15) is 0 Å². The van der Waals surface area contributed by atoms with Crippen molar-refractivity contribution in [3.8, 4) is 11.5 Å². The third-order valence-corrected chi connectivity index (χ3v) is 3.08. The highest BCUT2D eigenvalue weighted by Crippen LogP contribution is 2.21. The Labute approximate surface area is 135 Å². The lowest BCUT2D eigenvalue weighted by Gasteiger charge is -2.11. The summed E-state index contributed by atoms with van der Waals surface area (Å²) in [7, 11) is 1.38. The molecule has 0 aliphatic heterocycles. The predicted molar refractivity (Wildman–Crippen MR) is 87.7 cm³/mol. The van der Waals surface area contributed by atoms with Crippen molar-refractivity contribution < 1.29 is 19.1 Å². The molecule has 0 aliphatic carbocycles. The van der Waals surface area contributed by atoms with Gasteiger partial charge in [-0.05, 0) is 37.6 Å². The van der Waals surface area contributed by atoms with Crippen LogP contribution < -0.4 is 9.47 Å². The Morgan fingerprint density at radius 1 is 1.13 bits per heavy atom. The van der Waals surface area contributed by atoms with E-state index >= 15 is 0 Å². The molecule has 2 rings (SSSR count). The molecule has 120 valence electrons. The maximum Gasteiger partial charge on any atom is 0.361 e. The van der Waals surface area contributed by atoms with Gasteiger partial charge in [0.1, 0.15) is 25.2 Å². The van der Waals surface area contributed by atoms with Gasteiger partial charge in [0.05, 0.1) is 0 Å². The van der Waals surface area contributed by atoms with E-state index in [1.807, 2.05) is 43.3 Å². The van der Waals surface area contributed by atoms with Crippen molar-refractivity contribution in [1.29, 1.82) is 0 Å². The van der Waals surface area contributed by atoms with E-state index in [1.54, 1.807) is 12.1 Å². The summed E-state index contributed by atoms with van der Waals surface area (Å²) in [6.07, 6.45) is 0. The molecule has 2 aromatic carbocycles. The van der Waals surface area contributed by atoms with Crippen molar-refractivity contribution >= 4 is 11.7 Å². The van der Waals surface area contributed by atoms with Crippen LogP contribution in [0.15, 0.2) is 53.7 Å². The van der Waals surface area contributed by atoms with Gasteiger partial charge in [0, 0.05) is 5.56 Å². The van der Waals surface area contributed by atoms with Crippen molar-refractivity contribution in [3.63, 3.8) is 0 Å². The van der Waals surface area contributed by atoms with E-state index in [9.17, 15) is 4.79 Å². The highest BCUT2D eigenvalue weighted by atomic mass is 16.6. The van der Waals surface area contributed by atoms with Crippen LogP contribution in [0.1, 0.15) is 18.1 Å². The van der Waals surface area contributed by atoms with Crippen LogP contribution in [-0.4, -0.2) is 18.8 Å². The van der Waals surface area contributed by atoms with E-state index in [4.69, 9.17) is 9.47 Å². The van der Waals surface area contributed by atoms with E-state index < -0.39 is 5.97 Å². The normalized spacial score (nSPS) is 11.0. The van der Waals surface area contributed by atoms with Gasteiger partial charge in [0.15, 0.2) is 5.71 Å². The fourth-order valence-corrected chi connectivity index (χ4v) is 1.94. The van der Waals surface area contributed by atoms with Gasteiger partial charge in [-0.25, -0.2) is 4.79 Å².